The van der Waals surface area contributed by atoms with Gasteiger partial charge in [0, 0.05) is 13.6 Å². The molecule has 1 aliphatic rings. The van der Waals surface area contributed by atoms with Crippen molar-refractivity contribution in [3.8, 4) is 5.75 Å². The first-order chi connectivity index (χ1) is 11.2. The second-order valence-electron chi connectivity index (χ2n) is 5.82. The lowest BCUT2D eigenvalue weighted by Crippen LogP contribution is -2.43. The predicted molar refractivity (Wildman–Crippen MR) is 82.8 cm³/mol. The minimum atomic E-state index is -0.0276. The molecule has 3 rings (SSSR count). The summed E-state index contributed by atoms with van der Waals surface area (Å²) < 4.78 is 9.44. The topological polar surface area (TPSA) is 86.9 Å². The molecule has 1 amide bonds. The van der Waals surface area contributed by atoms with E-state index in [0.717, 1.165) is 37.3 Å². The van der Waals surface area contributed by atoms with Crippen LogP contribution in [0, 0.1) is 0 Å². The smallest absolute Gasteiger partial charge is 0.226 e. The molecule has 23 heavy (non-hydrogen) atoms. The van der Waals surface area contributed by atoms with Gasteiger partial charge in [0.05, 0.1) is 36.7 Å². The van der Waals surface area contributed by atoms with Crippen LogP contribution >= 0.6 is 0 Å². The van der Waals surface area contributed by atoms with Gasteiger partial charge < -0.3 is 10.1 Å². The average Bonchev–Trinajstić information content (AvgIpc) is 3.24. The van der Waals surface area contributed by atoms with Gasteiger partial charge in [-0.3, -0.25) is 14.2 Å². The van der Waals surface area contributed by atoms with Crippen LogP contribution in [0.3, 0.4) is 0 Å². The average molecular weight is 318 g/mol. The van der Waals surface area contributed by atoms with Crippen LogP contribution in [0.4, 0.5) is 0 Å². The fraction of sp³-hybridized carbons (Fsp3) is 0.600. The Morgan fingerprint density at radius 3 is 3.00 bits per heavy atom. The molecule has 1 fully saturated rings. The Bertz CT molecular complexity index is 664. The minimum Gasteiger partial charge on any atom is -0.485 e. The maximum absolute atomic E-state index is 12.2. The summed E-state index contributed by atoms with van der Waals surface area (Å²) in [7, 11) is 1.78. The van der Waals surface area contributed by atoms with Crippen molar-refractivity contribution in [3.05, 3.63) is 24.3 Å². The van der Waals surface area contributed by atoms with Crippen molar-refractivity contribution >= 4 is 5.91 Å². The largest absolute Gasteiger partial charge is 0.485 e. The number of nitrogens with zero attached hydrogens (tertiary/aromatic N) is 5. The van der Waals surface area contributed by atoms with E-state index in [4.69, 9.17) is 4.74 Å². The van der Waals surface area contributed by atoms with Gasteiger partial charge in [0.1, 0.15) is 6.10 Å². The van der Waals surface area contributed by atoms with E-state index in [-0.39, 0.29) is 24.5 Å². The summed E-state index contributed by atoms with van der Waals surface area (Å²) in [4.78, 5) is 12.2. The molecule has 2 atom stereocenters. The molecule has 0 bridgehead atoms. The van der Waals surface area contributed by atoms with Crippen LogP contribution in [0.1, 0.15) is 31.9 Å². The molecule has 2 heterocycles. The quantitative estimate of drug-likeness (QED) is 0.847. The first kappa shape index (κ1) is 15.5. The molecule has 2 aromatic heterocycles. The third kappa shape index (κ3) is 3.69. The van der Waals surface area contributed by atoms with Crippen molar-refractivity contribution in [1.82, 2.24) is 30.1 Å². The lowest BCUT2D eigenvalue weighted by atomic mass is 10.2. The highest BCUT2D eigenvalue weighted by molar-refractivity contribution is 5.78. The van der Waals surface area contributed by atoms with Crippen LogP contribution in [-0.2, 0) is 24.8 Å². The van der Waals surface area contributed by atoms with E-state index >= 15 is 0 Å². The zero-order chi connectivity index (χ0) is 16.2. The van der Waals surface area contributed by atoms with Crippen molar-refractivity contribution in [2.75, 3.05) is 0 Å². The summed E-state index contributed by atoms with van der Waals surface area (Å²) in [5.41, 5.74) is 0.794. The fourth-order valence-corrected chi connectivity index (χ4v) is 2.88. The molecule has 124 valence electrons. The number of aromatic nitrogens is 5. The van der Waals surface area contributed by atoms with Crippen LogP contribution in [0.2, 0.25) is 0 Å². The van der Waals surface area contributed by atoms with Gasteiger partial charge in [0.15, 0.2) is 5.75 Å². The second-order valence-corrected chi connectivity index (χ2v) is 5.82. The molecule has 2 aromatic rings. The maximum Gasteiger partial charge on any atom is 0.226 e. The van der Waals surface area contributed by atoms with Gasteiger partial charge in [0.2, 0.25) is 5.91 Å². The van der Waals surface area contributed by atoms with E-state index < -0.39 is 0 Å². The van der Waals surface area contributed by atoms with Gasteiger partial charge in [0.25, 0.3) is 0 Å². The Labute approximate surface area is 134 Å². The normalized spacial score (nSPS) is 20.6. The second kappa shape index (κ2) is 6.80. The molecule has 0 spiro atoms. The van der Waals surface area contributed by atoms with Crippen LogP contribution in [0.25, 0.3) is 0 Å². The van der Waals surface area contributed by atoms with E-state index in [2.05, 4.69) is 20.7 Å². The van der Waals surface area contributed by atoms with Gasteiger partial charge in [-0.2, -0.15) is 5.10 Å². The predicted octanol–water partition coefficient (Wildman–Crippen LogP) is 0.690. The molecule has 0 radical (unpaired) electrons. The molecule has 0 aliphatic heterocycles. The number of amides is 1. The Morgan fingerprint density at radius 1 is 1.43 bits per heavy atom. The van der Waals surface area contributed by atoms with Crippen molar-refractivity contribution in [2.24, 2.45) is 7.05 Å². The standard InChI is InChI=1S/C15H22N6O2/c1-3-21-10-12(9-17-21)23-14-6-4-5-13(14)18-15(22)7-11-8-16-19-20(11)2/h8-10,13-14H,3-7H2,1-2H3,(H,18,22)/t13-,14+/m0/s1. The van der Waals surface area contributed by atoms with Gasteiger partial charge in [-0.1, -0.05) is 5.21 Å². The molecule has 8 nitrogen and oxygen atoms in total. The highest BCUT2D eigenvalue weighted by Gasteiger charge is 2.30. The molecule has 0 saturated heterocycles. The molecular weight excluding hydrogens is 296 g/mol. The van der Waals surface area contributed by atoms with Crippen molar-refractivity contribution in [2.45, 2.75) is 51.3 Å². The Kier molecular flexibility index (Phi) is 4.59. The Morgan fingerprint density at radius 2 is 2.30 bits per heavy atom. The summed E-state index contributed by atoms with van der Waals surface area (Å²) in [5.74, 6) is 0.731. The van der Waals surface area contributed by atoms with E-state index in [9.17, 15) is 4.79 Å². The zero-order valence-corrected chi connectivity index (χ0v) is 13.5. The van der Waals surface area contributed by atoms with Crippen LogP contribution in [0.15, 0.2) is 18.6 Å². The SMILES string of the molecule is CCn1cc(O[C@@H]2CCC[C@@H]2NC(=O)Cc2cnnn2C)cn1. The molecular formula is C15H22N6O2. The third-order valence-corrected chi connectivity index (χ3v) is 4.17. The number of nitrogens with one attached hydrogen (secondary N) is 1. The van der Waals surface area contributed by atoms with Crippen molar-refractivity contribution in [3.63, 3.8) is 0 Å². The molecule has 1 N–H and O–H groups in total. The first-order valence-electron chi connectivity index (χ1n) is 7.97. The van der Waals surface area contributed by atoms with Crippen LogP contribution in [-0.4, -0.2) is 42.8 Å². The van der Waals surface area contributed by atoms with E-state index in [1.807, 2.05) is 17.8 Å². The lowest BCUT2D eigenvalue weighted by molar-refractivity contribution is -0.121. The summed E-state index contributed by atoms with van der Waals surface area (Å²) in [6.45, 7) is 2.84. The summed E-state index contributed by atoms with van der Waals surface area (Å²) >= 11 is 0. The minimum absolute atomic E-state index is 0.00174. The number of carbonyl (C=O) groups is 1. The monoisotopic (exact) mass is 318 g/mol. The maximum atomic E-state index is 12.2. The lowest BCUT2D eigenvalue weighted by Gasteiger charge is -2.21. The zero-order valence-electron chi connectivity index (χ0n) is 13.5. The van der Waals surface area contributed by atoms with E-state index in [1.54, 1.807) is 24.1 Å². The number of carbonyl (C=O) groups excluding carboxylic acids is 1. The number of ether oxygens (including phenoxy) is 1. The number of aryl methyl sites for hydroxylation is 2. The number of hydrogen-bond donors (Lipinski definition) is 1. The number of rotatable bonds is 6. The molecule has 1 aliphatic carbocycles. The molecule has 0 aromatic carbocycles. The molecule has 0 unspecified atom stereocenters. The highest BCUT2D eigenvalue weighted by Crippen LogP contribution is 2.24. The fourth-order valence-electron chi connectivity index (χ4n) is 2.88. The van der Waals surface area contributed by atoms with E-state index in [0.29, 0.717) is 0 Å². The summed E-state index contributed by atoms with van der Waals surface area (Å²) in [5, 5.41) is 14.9. The van der Waals surface area contributed by atoms with E-state index in [1.165, 1.54) is 0 Å². The van der Waals surface area contributed by atoms with Crippen molar-refractivity contribution in [1.29, 1.82) is 0 Å². The third-order valence-electron chi connectivity index (χ3n) is 4.17. The van der Waals surface area contributed by atoms with Crippen LogP contribution < -0.4 is 10.1 Å². The summed E-state index contributed by atoms with van der Waals surface area (Å²) in [6, 6.07) is 0.0358. The number of hydrogen-bond acceptors (Lipinski definition) is 5. The van der Waals surface area contributed by atoms with Gasteiger partial charge in [-0.25, -0.2) is 0 Å². The van der Waals surface area contributed by atoms with Gasteiger partial charge in [-0.05, 0) is 26.2 Å². The van der Waals surface area contributed by atoms with Crippen LogP contribution in [0.5, 0.6) is 5.75 Å². The Balaban J connectivity index is 1.56. The van der Waals surface area contributed by atoms with Gasteiger partial charge in [-0.15, -0.1) is 5.10 Å². The van der Waals surface area contributed by atoms with Gasteiger partial charge >= 0.3 is 0 Å². The first-order valence-corrected chi connectivity index (χ1v) is 7.97. The van der Waals surface area contributed by atoms with Crippen molar-refractivity contribution < 1.29 is 9.53 Å². The Hall–Kier alpha value is -2.38. The molecule has 8 heteroatoms. The molecule has 1 saturated carbocycles. The summed E-state index contributed by atoms with van der Waals surface area (Å²) in [6.07, 6.45) is 8.42. The highest BCUT2D eigenvalue weighted by atomic mass is 16.5.